The van der Waals surface area contributed by atoms with Gasteiger partial charge in [0.05, 0.1) is 17.0 Å². The molecule has 34 heavy (non-hydrogen) atoms. The maximum atomic E-state index is 14.3. The van der Waals surface area contributed by atoms with Crippen LogP contribution in [-0.2, 0) is 11.2 Å². The first kappa shape index (κ1) is 22.5. The zero-order chi connectivity index (χ0) is 23.1. The van der Waals surface area contributed by atoms with Crippen molar-refractivity contribution < 1.29 is 9.53 Å². The van der Waals surface area contributed by atoms with Gasteiger partial charge in [0.25, 0.3) is 5.91 Å². The Labute approximate surface area is 211 Å². The number of amides is 1. The number of carbonyl (C=O) groups is 1. The van der Waals surface area contributed by atoms with E-state index in [1.54, 1.807) is 11.3 Å². The normalized spacial score (nSPS) is 23.9. The summed E-state index contributed by atoms with van der Waals surface area (Å²) in [6.45, 7) is 0.549. The standard InChI is InChI=1S/C27H33N3O2S2/c31-25-22-21-16-17-32-26(33)23(21)34-24(22)28-27(30(25)20-14-8-3-9-15-20)29(18-10-4-1-5-11-18)19-12-6-2-7-13-19/h3,8-9,14-15,18-19,27-28H,1-2,4-7,10-13,16-17H2. The molecule has 1 N–H and O–H groups in total. The van der Waals surface area contributed by atoms with Crippen molar-refractivity contribution in [3.63, 3.8) is 0 Å². The summed E-state index contributed by atoms with van der Waals surface area (Å²) in [5.41, 5.74) is 2.83. The average Bonchev–Trinajstić information content (AvgIpc) is 3.26. The number of rotatable bonds is 4. The van der Waals surface area contributed by atoms with Gasteiger partial charge in [-0.15, -0.1) is 11.3 Å². The average molecular weight is 496 g/mol. The second-order valence-corrected chi connectivity index (χ2v) is 11.5. The van der Waals surface area contributed by atoms with Crippen LogP contribution in [0.2, 0.25) is 0 Å². The highest BCUT2D eigenvalue weighted by Crippen LogP contribution is 2.44. The van der Waals surface area contributed by atoms with Crippen LogP contribution in [0.25, 0.3) is 0 Å². The van der Waals surface area contributed by atoms with Gasteiger partial charge in [0.2, 0.25) is 5.05 Å². The second kappa shape index (κ2) is 9.59. The van der Waals surface area contributed by atoms with Crippen molar-refractivity contribution >= 4 is 45.2 Å². The van der Waals surface area contributed by atoms with E-state index in [9.17, 15) is 4.79 Å². The van der Waals surface area contributed by atoms with Crippen molar-refractivity contribution in [2.24, 2.45) is 0 Å². The lowest BCUT2D eigenvalue weighted by Crippen LogP contribution is -2.64. The molecule has 2 aliphatic heterocycles. The van der Waals surface area contributed by atoms with Crippen molar-refractivity contribution in [3.8, 4) is 0 Å². The molecule has 2 aliphatic carbocycles. The largest absolute Gasteiger partial charge is 0.482 e. The van der Waals surface area contributed by atoms with Crippen molar-refractivity contribution in [2.45, 2.75) is 89.0 Å². The fraction of sp³-hybridized carbons (Fsp3) is 0.556. The molecule has 0 radical (unpaired) electrons. The third-order valence-corrected chi connectivity index (χ3v) is 9.64. The number of thiophene rings is 1. The van der Waals surface area contributed by atoms with E-state index < -0.39 is 0 Å². The number of fused-ring (bicyclic) bond motifs is 3. The van der Waals surface area contributed by atoms with E-state index in [4.69, 9.17) is 17.0 Å². The highest BCUT2D eigenvalue weighted by Gasteiger charge is 2.45. The zero-order valence-electron chi connectivity index (χ0n) is 19.6. The third kappa shape index (κ3) is 3.95. The van der Waals surface area contributed by atoms with Gasteiger partial charge in [0.1, 0.15) is 5.00 Å². The second-order valence-electron chi connectivity index (χ2n) is 10.1. The maximum absolute atomic E-state index is 14.3. The van der Waals surface area contributed by atoms with Gasteiger partial charge in [-0.25, -0.2) is 0 Å². The Morgan fingerprint density at radius 2 is 1.62 bits per heavy atom. The number of anilines is 2. The summed E-state index contributed by atoms with van der Waals surface area (Å²) in [5.74, 6) is 0.101. The van der Waals surface area contributed by atoms with Crippen LogP contribution in [0.1, 0.15) is 85.0 Å². The van der Waals surface area contributed by atoms with Gasteiger partial charge in [-0.2, -0.15) is 0 Å². The molecule has 0 saturated heterocycles. The number of hydrogen-bond donors (Lipinski definition) is 1. The summed E-state index contributed by atoms with van der Waals surface area (Å²) in [6, 6.07) is 11.3. The Bertz CT molecular complexity index is 1040. The molecule has 1 amide bonds. The Hall–Kier alpha value is -1.96. The van der Waals surface area contributed by atoms with Crippen molar-refractivity contribution in [3.05, 3.63) is 46.3 Å². The summed E-state index contributed by atoms with van der Waals surface area (Å²) in [4.78, 5) is 20.0. The maximum Gasteiger partial charge on any atom is 0.264 e. The molecule has 0 bridgehead atoms. The first-order valence-electron chi connectivity index (χ1n) is 13.0. The van der Waals surface area contributed by atoms with E-state index >= 15 is 0 Å². The van der Waals surface area contributed by atoms with Crippen LogP contribution < -0.4 is 10.2 Å². The lowest BCUT2D eigenvalue weighted by atomic mass is 9.88. The number of carbonyl (C=O) groups excluding carboxylic acids is 1. The lowest BCUT2D eigenvalue weighted by molar-refractivity contribution is 0.0425. The van der Waals surface area contributed by atoms with Crippen LogP contribution in [0.4, 0.5) is 10.7 Å². The van der Waals surface area contributed by atoms with Crippen LogP contribution in [0.15, 0.2) is 30.3 Å². The van der Waals surface area contributed by atoms with Crippen LogP contribution in [0.5, 0.6) is 0 Å². The Kier molecular flexibility index (Phi) is 6.35. The molecule has 2 fully saturated rings. The van der Waals surface area contributed by atoms with E-state index in [2.05, 4.69) is 22.3 Å². The third-order valence-electron chi connectivity index (χ3n) is 8.02. The first-order chi connectivity index (χ1) is 16.7. The number of hydrogen-bond acceptors (Lipinski definition) is 6. The van der Waals surface area contributed by atoms with E-state index in [-0.39, 0.29) is 12.2 Å². The molecule has 2 aromatic rings. The minimum absolute atomic E-state index is 0.101. The predicted octanol–water partition coefficient (Wildman–Crippen LogP) is 6.32. The molecule has 6 rings (SSSR count). The summed E-state index contributed by atoms with van der Waals surface area (Å²) in [5, 5.41) is 5.39. The van der Waals surface area contributed by atoms with Crippen molar-refractivity contribution in [1.82, 2.24) is 4.90 Å². The molecule has 180 valence electrons. The smallest absolute Gasteiger partial charge is 0.264 e. The molecule has 1 aromatic carbocycles. The van der Waals surface area contributed by atoms with E-state index in [1.165, 1.54) is 64.2 Å². The molecule has 1 unspecified atom stereocenters. The van der Waals surface area contributed by atoms with Gasteiger partial charge in [0.15, 0.2) is 6.29 Å². The molecular weight excluding hydrogens is 462 g/mol. The molecular formula is C27H33N3O2S2. The van der Waals surface area contributed by atoms with E-state index in [1.807, 2.05) is 23.1 Å². The highest BCUT2D eigenvalue weighted by atomic mass is 32.1. The van der Waals surface area contributed by atoms with Crippen LogP contribution in [0, 0.1) is 0 Å². The molecule has 7 heteroatoms. The lowest BCUT2D eigenvalue weighted by Gasteiger charge is -2.51. The minimum Gasteiger partial charge on any atom is -0.482 e. The number of para-hydroxylation sites is 1. The molecule has 4 aliphatic rings. The number of thiocarbonyl (C=S) groups is 1. The fourth-order valence-corrected chi connectivity index (χ4v) is 7.91. The van der Waals surface area contributed by atoms with Gasteiger partial charge in [-0.1, -0.05) is 56.7 Å². The summed E-state index contributed by atoms with van der Waals surface area (Å²) in [7, 11) is 0. The predicted molar refractivity (Wildman–Crippen MR) is 142 cm³/mol. The quantitative estimate of drug-likeness (QED) is 0.503. The van der Waals surface area contributed by atoms with Crippen molar-refractivity contribution in [1.29, 1.82) is 0 Å². The number of nitrogens with one attached hydrogen (secondary N) is 1. The SMILES string of the molecule is O=C1c2c(sc3c2CCOC3=S)NC(N(C2CCCCC2)C2CCCCC2)N1c1ccccc1. The van der Waals surface area contributed by atoms with Crippen molar-refractivity contribution in [2.75, 3.05) is 16.8 Å². The molecule has 3 heterocycles. The van der Waals surface area contributed by atoms with E-state index in [0.29, 0.717) is 23.7 Å². The summed E-state index contributed by atoms with van der Waals surface area (Å²) < 4.78 is 5.67. The number of ether oxygens (including phenoxy) is 1. The van der Waals surface area contributed by atoms with Gasteiger partial charge in [-0.3, -0.25) is 14.6 Å². The van der Waals surface area contributed by atoms with Crippen LogP contribution in [0.3, 0.4) is 0 Å². The Morgan fingerprint density at radius 3 is 2.26 bits per heavy atom. The number of nitrogens with zero attached hydrogens (tertiary/aromatic N) is 2. The van der Waals surface area contributed by atoms with Crippen LogP contribution >= 0.6 is 23.6 Å². The zero-order valence-corrected chi connectivity index (χ0v) is 21.3. The highest BCUT2D eigenvalue weighted by molar-refractivity contribution is 7.80. The Morgan fingerprint density at radius 1 is 0.971 bits per heavy atom. The summed E-state index contributed by atoms with van der Waals surface area (Å²) >= 11 is 7.13. The first-order valence-corrected chi connectivity index (χ1v) is 14.2. The molecule has 1 atom stereocenters. The fourth-order valence-electron chi connectivity index (χ4n) is 6.43. The van der Waals surface area contributed by atoms with Gasteiger partial charge >= 0.3 is 0 Å². The summed E-state index contributed by atoms with van der Waals surface area (Å²) in [6.07, 6.45) is 13.2. The van der Waals surface area contributed by atoms with Crippen LogP contribution in [-0.4, -0.2) is 40.8 Å². The van der Waals surface area contributed by atoms with Gasteiger partial charge in [-0.05, 0) is 55.6 Å². The minimum atomic E-state index is -0.178. The topological polar surface area (TPSA) is 44.8 Å². The van der Waals surface area contributed by atoms with E-state index in [0.717, 1.165) is 33.1 Å². The molecule has 5 nitrogen and oxygen atoms in total. The van der Waals surface area contributed by atoms with Gasteiger partial charge in [0, 0.05) is 24.2 Å². The molecule has 1 aromatic heterocycles. The monoisotopic (exact) mass is 495 g/mol. The number of benzene rings is 1. The van der Waals surface area contributed by atoms with Gasteiger partial charge < -0.3 is 10.1 Å². The molecule has 2 saturated carbocycles. The Balaban J connectivity index is 1.46. The molecule has 0 spiro atoms.